The minimum Gasteiger partial charge on any atom is -0.369 e. The molecular formula is C19H26N4. The van der Waals surface area contributed by atoms with Gasteiger partial charge in [0.1, 0.15) is 0 Å². The van der Waals surface area contributed by atoms with Gasteiger partial charge in [0.05, 0.1) is 11.7 Å². The zero-order valence-electron chi connectivity index (χ0n) is 14.1. The smallest absolute Gasteiger partial charge is 0.0645 e. The van der Waals surface area contributed by atoms with Crippen LogP contribution in [0.15, 0.2) is 42.6 Å². The van der Waals surface area contributed by atoms with Crippen LogP contribution in [0.3, 0.4) is 0 Å². The van der Waals surface area contributed by atoms with Gasteiger partial charge in [-0.25, -0.2) is 0 Å². The molecule has 1 fully saturated rings. The number of aryl methyl sites for hydroxylation is 1. The molecule has 1 saturated heterocycles. The summed E-state index contributed by atoms with van der Waals surface area (Å²) in [7, 11) is 0. The summed E-state index contributed by atoms with van der Waals surface area (Å²) in [4.78, 5) is 9.45. The van der Waals surface area contributed by atoms with Gasteiger partial charge in [0.2, 0.25) is 0 Å². The van der Waals surface area contributed by atoms with Crippen LogP contribution in [0.25, 0.3) is 0 Å². The fraction of sp³-hybridized carbons (Fsp3) is 0.421. The van der Waals surface area contributed by atoms with E-state index in [-0.39, 0.29) is 6.04 Å². The van der Waals surface area contributed by atoms with Gasteiger partial charge in [0.25, 0.3) is 0 Å². The highest BCUT2D eigenvalue weighted by molar-refractivity contribution is 5.56. The Bertz CT molecular complexity index is 633. The number of hydrogen-bond donors (Lipinski definition) is 1. The Hall–Kier alpha value is -1.91. The predicted molar refractivity (Wildman–Crippen MR) is 95.7 cm³/mol. The Balaban J connectivity index is 1.69. The molecule has 4 nitrogen and oxygen atoms in total. The lowest BCUT2D eigenvalue weighted by Crippen LogP contribution is -2.49. The van der Waals surface area contributed by atoms with Gasteiger partial charge in [0, 0.05) is 44.6 Å². The Morgan fingerprint density at radius 1 is 1.04 bits per heavy atom. The SMILES string of the molecule is Cc1cccc(N2CCN(C(CN)c3ccccn3)CC2)c1C. The van der Waals surface area contributed by atoms with Crippen molar-refractivity contribution in [1.29, 1.82) is 0 Å². The van der Waals surface area contributed by atoms with Crippen LogP contribution < -0.4 is 10.6 Å². The van der Waals surface area contributed by atoms with Crippen molar-refractivity contribution in [3.8, 4) is 0 Å². The molecule has 2 aromatic rings. The van der Waals surface area contributed by atoms with Gasteiger partial charge < -0.3 is 10.6 Å². The summed E-state index contributed by atoms with van der Waals surface area (Å²) in [5.41, 5.74) is 11.2. The van der Waals surface area contributed by atoms with Crippen LogP contribution in [0.5, 0.6) is 0 Å². The first-order chi connectivity index (χ1) is 11.2. The molecule has 1 unspecified atom stereocenters. The Morgan fingerprint density at radius 3 is 2.48 bits per heavy atom. The summed E-state index contributed by atoms with van der Waals surface area (Å²) in [5.74, 6) is 0. The van der Waals surface area contributed by atoms with Crippen LogP contribution in [-0.2, 0) is 0 Å². The molecule has 2 N–H and O–H groups in total. The van der Waals surface area contributed by atoms with Crippen LogP contribution in [-0.4, -0.2) is 42.6 Å². The first-order valence-electron chi connectivity index (χ1n) is 8.37. The number of nitrogens with two attached hydrogens (primary N) is 1. The van der Waals surface area contributed by atoms with Crippen LogP contribution in [0.1, 0.15) is 22.9 Å². The van der Waals surface area contributed by atoms with E-state index in [1.54, 1.807) is 0 Å². The second-order valence-electron chi connectivity index (χ2n) is 6.25. The summed E-state index contributed by atoms with van der Waals surface area (Å²) < 4.78 is 0. The number of nitrogens with zero attached hydrogens (tertiary/aromatic N) is 3. The number of aromatic nitrogens is 1. The van der Waals surface area contributed by atoms with Crippen LogP contribution in [0.2, 0.25) is 0 Å². The lowest BCUT2D eigenvalue weighted by molar-refractivity contribution is 0.187. The fourth-order valence-electron chi connectivity index (χ4n) is 3.38. The molecule has 0 amide bonds. The third-order valence-electron chi connectivity index (χ3n) is 4.92. The van der Waals surface area contributed by atoms with E-state index in [2.05, 4.69) is 52.9 Å². The topological polar surface area (TPSA) is 45.4 Å². The normalized spacial score (nSPS) is 17.3. The van der Waals surface area contributed by atoms with Crippen molar-refractivity contribution in [2.24, 2.45) is 5.73 Å². The van der Waals surface area contributed by atoms with Crippen molar-refractivity contribution in [2.75, 3.05) is 37.6 Å². The summed E-state index contributed by atoms with van der Waals surface area (Å²) >= 11 is 0. The highest BCUT2D eigenvalue weighted by atomic mass is 15.3. The summed E-state index contributed by atoms with van der Waals surface area (Å²) in [6.07, 6.45) is 1.85. The number of hydrogen-bond acceptors (Lipinski definition) is 4. The average Bonchev–Trinajstić information content (AvgIpc) is 2.60. The van der Waals surface area contributed by atoms with E-state index in [1.165, 1.54) is 16.8 Å². The first kappa shape index (κ1) is 16.0. The zero-order valence-corrected chi connectivity index (χ0v) is 14.1. The minimum absolute atomic E-state index is 0.219. The molecule has 122 valence electrons. The third kappa shape index (κ3) is 3.38. The predicted octanol–water partition coefficient (Wildman–Crippen LogP) is 2.52. The molecule has 1 aromatic carbocycles. The molecule has 0 bridgehead atoms. The molecule has 2 heterocycles. The van der Waals surface area contributed by atoms with E-state index in [1.807, 2.05) is 18.3 Å². The van der Waals surface area contributed by atoms with Crippen LogP contribution >= 0.6 is 0 Å². The van der Waals surface area contributed by atoms with Crippen molar-refractivity contribution in [2.45, 2.75) is 19.9 Å². The van der Waals surface area contributed by atoms with E-state index >= 15 is 0 Å². The molecule has 3 rings (SSSR count). The lowest BCUT2D eigenvalue weighted by Gasteiger charge is -2.40. The maximum Gasteiger partial charge on any atom is 0.0645 e. The second kappa shape index (κ2) is 7.11. The molecule has 4 heteroatoms. The minimum atomic E-state index is 0.219. The number of anilines is 1. The zero-order chi connectivity index (χ0) is 16.2. The highest BCUT2D eigenvalue weighted by Crippen LogP contribution is 2.26. The Kier molecular flexibility index (Phi) is 4.94. The van der Waals surface area contributed by atoms with Crippen LogP contribution in [0.4, 0.5) is 5.69 Å². The van der Waals surface area contributed by atoms with Crippen molar-refractivity contribution < 1.29 is 0 Å². The van der Waals surface area contributed by atoms with Crippen molar-refractivity contribution in [3.05, 3.63) is 59.4 Å². The monoisotopic (exact) mass is 310 g/mol. The van der Waals surface area contributed by atoms with E-state index < -0.39 is 0 Å². The lowest BCUT2D eigenvalue weighted by atomic mass is 10.1. The average molecular weight is 310 g/mol. The van der Waals surface area contributed by atoms with Crippen molar-refractivity contribution >= 4 is 5.69 Å². The molecule has 1 aliphatic rings. The Morgan fingerprint density at radius 2 is 1.83 bits per heavy atom. The summed E-state index contributed by atoms with van der Waals surface area (Å²) in [5, 5.41) is 0. The van der Waals surface area contributed by atoms with Crippen LogP contribution in [0, 0.1) is 13.8 Å². The van der Waals surface area contributed by atoms with E-state index in [9.17, 15) is 0 Å². The van der Waals surface area contributed by atoms with E-state index in [0.29, 0.717) is 6.54 Å². The van der Waals surface area contributed by atoms with Gasteiger partial charge in [-0.15, -0.1) is 0 Å². The third-order valence-corrected chi connectivity index (χ3v) is 4.92. The van der Waals surface area contributed by atoms with Gasteiger partial charge in [0.15, 0.2) is 0 Å². The van der Waals surface area contributed by atoms with Gasteiger partial charge in [-0.1, -0.05) is 18.2 Å². The molecule has 0 spiro atoms. The largest absolute Gasteiger partial charge is 0.369 e. The molecule has 1 atom stereocenters. The molecule has 23 heavy (non-hydrogen) atoms. The summed E-state index contributed by atoms with van der Waals surface area (Å²) in [6.45, 7) is 9.12. The molecular weight excluding hydrogens is 284 g/mol. The second-order valence-corrected chi connectivity index (χ2v) is 6.25. The van der Waals surface area contributed by atoms with Gasteiger partial charge >= 0.3 is 0 Å². The summed E-state index contributed by atoms with van der Waals surface area (Å²) in [6, 6.07) is 12.9. The number of benzene rings is 1. The quantitative estimate of drug-likeness (QED) is 0.942. The standard InChI is InChI=1S/C19H26N4/c1-15-6-5-8-18(16(15)2)22-10-12-23(13-11-22)19(14-20)17-7-3-4-9-21-17/h3-9,19H,10-14,20H2,1-2H3. The molecule has 0 saturated carbocycles. The van der Waals surface area contributed by atoms with Gasteiger partial charge in [-0.2, -0.15) is 0 Å². The molecule has 0 aliphatic carbocycles. The fourth-order valence-corrected chi connectivity index (χ4v) is 3.38. The van der Waals surface area contributed by atoms with E-state index in [0.717, 1.165) is 31.9 Å². The molecule has 0 radical (unpaired) electrons. The number of rotatable bonds is 4. The van der Waals surface area contributed by atoms with Gasteiger partial charge in [-0.3, -0.25) is 9.88 Å². The number of piperazine rings is 1. The number of pyridine rings is 1. The van der Waals surface area contributed by atoms with Crippen molar-refractivity contribution in [3.63, 3.8) is 0 Å². The first-order valence-corrected chi connectivity index (χ1v) is 8.37. The molecule has 1 aromatic heterocycles. The maximum absolute atomic E-state index is 6.03. The van der Waals surface area contributed by atoms with Crippen molar-refractivity contribution in [1.82, 2.24) is 9.88 Å². The Labute approximate surface area is 138 Å². The maximum atomic E-state index is 6.03. The highest BCUT2D eigenvalue weighted by Gasteiger charge is 2.25. The van der Waals surface area contributed by atoms with Gasteiger partial charge in [-0.05, 0) is 43.2 Å². The van der Waals surface area contributed by atoms with E-state index in [4.69, 9.17) is 5.73 Å². The molecule has 1 aliphatic heterocycles.